The Hall–Kier alpha value is -1.81. The molecule has 0 aliphatic heterocycles. The Morgan fingerprint density at radius 1 is 1.60 bits per heavy atom. The molecule has 1 aliphatic carbocycles. The van der Waals surface area contributed by atoms with Gasteiger partial charge in [-0.3, -0.25) is 4.79 Å². The van der Waals surface area contributed by atoms with Crippen LogP contribution >= 0.6 is 0 Å². The van der Waals surface area contributed by atoms with E-state index < -0.39 is 0 Å². The molecule has 1 aromatic rings. The molecule has 108 valence electrons. The molecule has 0 aromatic carbocycles. The summed E-state index contributed by atoms with van der Waals surface area (Å²) in [5.74, 6) is 2.78. The van der Waals surface area contributed by atoms with Crippen LogP contribution < -0.4 is 0 Å². The van der Waals surface area contributed by atoms with Crippen molar-refractivity contribution in [3.05, 3.63) is 42.4 Å². The maximum absolute atomic E-state index is 11.9. The van der Waals surface area contributed by atoms with E-state index >= 15 is 0 Å². The molecule has 0 bridgehead atoms. The molecule has 2 rings (SSSR count). The average Bonchev–Trinajstić information content (AvgIpc) is 2.99. The van der Waals surface area contributed by atoms with E-state index in [1.165, 1.54) is 17.4 Å². The lowest BCUT2D eigenvalue weighted by atomic mass is 10.3. The number of nitrogens with zero attached hydrogens (tertiary/aromatic N) is 1. The summed E-state index contributed by atoms with van der Waals surface area (Å²) in [5, 5.41) is 8.92. The van der Waals surface area contributed by atoms with Crippen LogP contribution in [0.3, 0.4) is 0 Å². The van der Waals surface area contributed by atoms with Gasteiger partial charge in [0.25, 0.3) is 0 Å². The van der Waals surface area contributed by atoms with Gasteiger partial charge in [0.15, 0.2) is 0 Å². The molecule has 2 unspecified atom stereocenters. The first kappa shape index (κ1) is 14.6. The van der Waals surface area contributed by atoms with Crippen molar-refractivity contribution in [1.82, 2.24) is 4.90 Å². The molecule has 1 heterocycles. The average molecular weight is 275 g/mol. The zero-order valence-corrected chi connectivity index (χ0v) is 11.8. The van der Waals surface area contributed by atoms with Crippen LogP contribution in [0.15, 0.2) is 35.3 Å². The molecule has 4 heteroatoms. The van der Waals surface area contributed by atoms with Crippen molar-refractivity contribution in [2.75, 3.05) is 19.7 Å². The molecule has 1 saturated carbocycles. The van der Waals surface area contributed by atoms with E-state index in [-0.39, 0.29) is 12.5 Å². The van der Waals surface area contributed by atoms with Gasteiger partial charge in [0.2, 0.25) is 5.91 Å². The second-order valence-corrected chi connectivity index (χ2v) is 5.19. The highest BCUT2D eigenvalue weighted by atomic mass is 16.3. The van der Waals surface area contributed by atoms with E-state index in [9.17, 15) is 4.79 Å². The van der Waals surface area contributed by atoms with Crippen molar-refractivity contribution in [2.24, 2.45) is 5.92 Å². The first-order valence-electron chi connectivity index (χ1n) is 6.94. The smallest absolute Gasteiger partial charge is 0.247 e. The molecule has 1 fully saturated rings. The zero-order chi connectivity index (χ0) is 14.5. The first-order chi connectivity index (χ1) is 9.65. The molecule has 1 N–H and O–H groups in total. The van der Waals surface area contributed by atoms with E-state index in [0.29, 0.717) is 30.7 Å². The first-order valence-corrected chi connectivity index (χ1v) is 6.94. The van der Waals surface area contributed by atoms with Crippen molar-refractivity contribution in [2.45, 2.75) is 19.3 Å². The van der Waals surface area contributed by atoms with Crippen LogP contribution in [0.1, 0.15) is 30.8 Å². The molecule has 0 radical (unpaired) electrons. The van der Waals surface area contributed by atoms with Gasteiger partial charge in [-0.05, 0) is 30.5 Å². The SMILES string of the molecule is C=CCN(CCO)C(=O)/C=C/c1ccc(C2CC2C)o1. The van der Waals surface area contributed by atoms with Gasteiger partial charge >= 0.3 is 0 Å². The topological polar surface area (TPSA) is 53.7 Å². The van der Waals surface area contributed by atoms with Crippen molar-refractivity contribution < 1.29 is 14.3 Å². The van der Waals surface area contributed by atoms with Gasteiger partial charge in [-0.25, -0.2) is 0 Å². The number of rotatable bonds is 7. The summed E-state index contributed by atoms with van der Waals surface area (Å²) >= 11 is 0. The Morgan fingerprint density at radius 2 is 2.35 bits per heavy atom. The van der Waals surface area contributed by atoms with Gasteiger partial charge in [-0.2, -0.15) is 0 Å². The number of carbonyl (C=O) groups excluding carboxylic acids is 1. The van der Waals surface area contributed by atoms with Crippen LogP contribution in [0, 0.1) is 5.92 Å². The Balaban J connectivity index is 1.95. The van der Waals surface area contributed by atoms with E-state index in [1.54, 1.807) is 12.2 Å². The van der Waals surface area contributed by atoms with E-state index in [1.807, 2.05) is 12.1 Å². The fraction of sp³-hybridized carbons (Fsp3) is 0.438. The summed E-state index contributed by atoms with van der Waals surface area (Å²) in [7, 11) is 0. The highest BCUT2D eigenvalue weighted by Crippen LogP contribution is 2.47. The van der Waals surface area contributed by atoms with Crippen LogP contribution in [0.2, 0.25) is 0 Å². The van der Waals surface area contributed by atoms with Gasteiger partial charge in [-0.15, -0.1) is 6.58 Å². The predicted octanol–water partition coefficient (Wildman–Crippen LogP) is 2.42. The van der Waals surface area contributed by atoms with Crippen LogP contribution in [0.4, 0.5) is 0 Å². The van der Waals surface area contributed by atoms with Crippen LogP contribution in [0.25, 0.3) is 6.08 Å². The standard InChI is InChI=1S/C16H21NO3/c1-3-8-17(9-10-18)16(19)7-5-13-4-6-15(20-13)14-11-12(14)2/h3-7,12,14,18H,1,8-11H2,2H3/b7-5+. The third-order valence-electron chi connectivity index (χ3n) is 3.54. The number of aliphatic hydroxyl groups is 1. The van der Waals surface area contributed by atoms with Crippen LogP contribution in [0.5, 0.6) is 0 Å². The minimum absolute atomic E-state index is 0.0577. The lowest BCUT2D eigenvalue weighted by Crippen LogP contribution is -2.32. The minimum Gasteiger partial charge on any atom is -0.461 e. The van der Waals surface area contributed by atoms with Gasteiger partial charge in [0.1, 0.15) is 11.5 Å². The molecular weight excluding hydrogens is 254 g/mol. The van der Waals surface area contributed by atoms with E-state index in [0.717, 1.165) is 5.76 Å². The number of amides is 1. The Morgan fingerprint density at radius 3 is 2.95 bits per heavy atom. The molecule has 0 spiro atoms. The third-order valence-corrected chi connectivity index (χ3v) is 3.54. The molecule has 1 aromatic heterocycles. The molecular formula is C16H21NO3. The summed E-state index contributed by atoms with van der Waals surface area (Å²) in [6, 6.07) is 3.86. The lowest BCUT2D eigenvalue weighted by molar-refractivity contribution is -0.125. The number of hydrogen-bond donors (Lipinski definition) is 1. The summed E-state index contributed by atoms with van der Waals surface area (Å²) in [6.07, 6.45) is 5.96. The molecule has 0 saturated heterocycles. The number of hydrogen-bond acceptors (Lipinski definition) is 3. The molecule has 1 amide bonds. The maximum Gasteiger partial charge on any atom is 0.247 e. The Bertz CT molecular complexity index is 504. The van der Waals surface area contributed by atoms with Crippen LogP contribution in [-0.2, 0) is 4.79 Å². The lowest BCUT2D eigenvalue weighted by Gasteiger charge is -2.17. The normalized spacial score (nSPS) is 21.1. The maximum atomic E-state index is 11.9. The summed E-state index contributed by atoms with van der Waals surface area (Å²) < 4.78 is 5.70. The Labute approximate surface area is 119 Å². The predicted molar refractivity (Wildman–Crippen MR) is 78.1 cm³/mol. The molecule has 2 atom stereocenters. The highest BCUT2D eigenvalue weighted by Gasteiger charge is 2.36. The quantitative estimate of drug-likeness (QED) is 0.614. The number of carbonyl (C=O) groups is 1. The van der Waals surface area contributed by atoms with Crippen molar-refractivity contribution in [1.29, 1.82) is 0 Å². The summed E-state index contributed by atoms with van der Waals surface area (Å²) in [5.41, 5.74) is 0. The van der Waals surface area contributed by atoms with Gasteiger partial charge < -0.3 is 14.4 Å². The zero-order valence-electron chi connectivity index (χ0n) is 11.8. The van der Waals surface area contributed by atoms with Gasteiger partial charge in [-0.1, -0.05) is 13.0 Å². The summed E-state index contributed by atoms with van der Waals surface area (Å²) in [4.78, 5) is 13.5. The second-order valence-electron chi connectivity index (χ2n) is 5.19. The highest BCUT2D eigenvalue weighted by molar-refractivity contribution is 5.91. The second kappa shape index (κ2) is 6.57. The van der Waals surface area contributed by atoms with Gasteiger partial charge in [0.05, 0.1) is 6.61 Å². The molecule has 20 heavy (non-hydrogen) atoms. The van der Waals surface area contributed by atoms with Crippen molar-refractivity contribution >= 4 is 12.0 Å². The number of furan rings is 1. The fourth-order valence-corrected chi connectivity index (χ4v) is 2.20. The largest absolute Gasteiger partial charge is 0.461 e. The van der Waals surface area contributed by atoms with E-state index in [2.05, 4.69) is 13.5 Å². The minimum atomic E-state index is -0.156. The molecule has 1 aliphatic rings. The van der Waals surface area contributed by atoms with Gasteiger partial charge in [0, 0.05) is 25.1 Å². The molecule has 4 nitrogen and oxygen atoms in total. The van der Waals surface area contributed by atoms with Crippen molar-refractivity contribution in [3.8, 4) is 0 Å². The fourth-order valence-electron chi connectivity index (χ4n) is 2.20. The summed E-state index contributed by atoms with van der Waals surface area (Å²) in [6.45, 7) is 6.47. The van der Waals surface area contributed by atoms with E-state index in [4.69, 9.17) is 9.52 Å². The van der Waals surface area contributed by atoms with Crippen LogP contribution in [-0.4, -0.2) is 35.6 Å². The monoisotopic (exact) mass is 275 g/mol. The number of aliphatic hydroxyl groups excluding tert-OH is 1. The van der Waals surface area contributed by atoms with Crippen molar-refractivity contribution in [3.63, 3.8) is 0 Å². The third kappa shape index (κ3) is 3.61. The Kier molecular flexibility index (Phi) is 4.79.